The van der Waals surface area contributed by atoms with Crippen LogP contribution in [0.1, 0.15) is 25.0 Å². The van der Waals surface area contributed by atoms with Crippen LogP contribution < -0.4 is 11.3 Å². The lowest BCUT2D eigenvalue weighted by Gasteiger charge is -2.32. The highest BCUT2D eigenvalue weighted by Crippen LogP contribution is 2.24. The summed E-state index contributed by atoms with van der Waals surface area (Å²) in [6.45, 7) is 5.05. The lowest BCUT2D eigenvalue weighted by atomic mass is 9.94. The van der Waals surface area contributed by atoms with Gasteiger partial charge in [-0.25, -0.2) is 12.8 Å². The SMILES string of the molecule is Cc1cc(F)ccc1CC(NN)C(C)(C)S(C)(=O)=O. The van der Waals surface area contributed by atoms with Gasteiger partial charge in [-0.1, -0.05) is 6.07 Å². The van der Waals surface area contributed by atoms with E-state index in [9.17, 15) is 12.8 Å². The monoisotopic (exact) mass is 288 g/mol. The summed E-state index contributed by atoms with van der Waals surface area (Å²) in [5.41, 5.74) is 4.22. The summed E-state index contributed by atoms with van der Waals surface area (Å²) in [6.07, 6.45) is 1.61. The van der Waals surface area contributed by atoms with Gasteiger partial charge in [-0.3, -0.25) is 11.3 Å². The third kappa shape index (κ3) is 3.52. The van der Waals surface area contributed by atoms with Gasteiger partial charge in [0.2, 0.25) is 0 Å². The second kappa shape index (κ2) is 5.56. The zero-order chi connectivity index (χ0) is 14.8. The lowest BCUT2D eigenvalue weighted by Crippen LogP contribution is -2.55. The molecule has 0 aromatic heterocycles. The Morgan fingerprint density at radius 1 is 1.42 bits per heavy atom. The Balaban J connectivity index is 3.07. The van der Waals surface area contributed by atoms with E-state index in [0.717, 1.165) is 11.1 Å². The smallest absolute Gasteiger partial charge is 0.154 e. The van der Waals surface area contributed by atoms with Crippen LogP contribution >= 0.6 is 0 Å². The molecule has 6 heteroatoms. The van der Waals surface area contributed by atoms with E-state index in [1.807, 2.05) is 0 Å². The Bertz CT molecular complexity index is 556. The minimum Gasteiger partial charge on any atom is -0.271 e. The zero-order valence-electron chi connectivity index (χ0n) is 11.7. The molecule has 3 N–H and O–H groups in total. The predicted molar refractivity (Wildman–Crippen MR) is 74.9 cm³/mol. The van der Waals surface area contributed by atoms with Gasteiger partial charge in [-0.15, -0.1) is 0 Å². The molecule has 1 aromatic carbocycles. The fraction of sp³-hybridized carbons (Fsp3) is 0.538. The Morgan fingerprint density at radius 3 is 2.42 bits per heavy atom. The normalized spacial score (nSPS) is 14.4. The second-order valence-electron chi connectivity index (χ2n) is 5.37. The van der Waals surface area contributed by atoms with Gasteiger partial charge in [0.25, 0.3) is 0 Å². The van der Waals surface area contributed by atoms with Gasteiger partial charge in [0.05, 0.1) is 4.75 Å². The minimum absolute atomic E-state index is 0.305. The summed E-state index contributed by atoms with van der Waals surface area (Å²) in [4.78, 5) is 0. The van der Waals surface area contributed by atoms with Gasteiger partial charge in [-0.2, -0.15) is 0 Å². The van der Waals surface area contributed by atoms with Crippen molar-refractivity contribution in [3.63, 3.8) is 0 Å². The van der Waals surface area contributed by atoms with Crippen molar-refractivity contribution in [1.29, 1.82) is 0 Å². The van der Waals surface area contributed by atoms with E-state index in [4.69, 9.17) is 5.84 Å². The van der Waals surface area contributed by atoms with Crippen molar-refractivity contribution in [2.45, 2.75) is 38.0 Å². The highest BCUT2D eigenvalue weighted by Gasteiger charge is 2.38. The summed E-state index contributed by atoms with van der Waals surface area (Å²) in [6, 6.07) is 4.00. The van der Waals surface area contributed by atoms with E-state index >= 15 is 0 Å². The molecule has 0 radical (unpaired) electrons. The van der Waals surface area contributed by atoms with Gasteiger partial charge in [0.15, 0.2) is 9.84 Å². The molecule has 19 heavy (non-hydrogen) atoms. The van der Waals surface area contributed by atoms with E-state index in [1.165, 1.54) is 18.4 Å². The highest BCUT2D eigenvalue weighted by atomic mass is 32.2. The molecule has 1 atom stereocenters. The minimum atomic E-state index is -3.27. The standard InChI is InChI=1S/C13H21FN2O2S/c1-9-7-11(14)6-5-10(9)8-12(16-15)13(2,3)19(4,17)18/h5-7,12,16H,8,15H2,1-4H3. The van der Waals surface area contributed by atoms with Crippen LogP contribution in [0.4, 0.5) is 4.39 Å². The van der Waals surface area contributed by atoms with E-state index in [2.05, 4.69) is 5.43 Å². The number of aryl methyl sites for hydroxylation is 1. The van der Waals surface area contributed by atoms with Crippen LogP contribution in [0.2, 0.25) is 0 Å². The average Bonchev–Trinajstić information content (AvgIpc) is 2.26. The van der Waals surface area contributed by atoms with Crippen molar-refractivity contribution in [1.82, 2.24) is 5.43 Å². The van der Waals surface area contributed by atoms with Crippen molar-refractivity contribution in [3.8, 4) is 0 Å². The first-order chi connectivity index (χ1) is 8.59. The molecule has 0 aliphatic rings. The van der Waals surface area contributed by atoms with Crippen LogP contribution in [0.25, 0.3) is 0 Å². The van der Waals surface area contributed by atoms with Crippen molar-refractivity contribution >= 4 is 9.84 Å². The van der Waals surface area contributed by atoms with Crippen molar-refractivity contribution < 1.29 is 12.8 Å². The molecule has 0 saturated heterocycles. The molecule has 0 fully saturated rings. The topological polar surface area (TPSA) is 72.2 Å². The molecule has 4 nitrogen and oxygen atoms in total. The number of nitrogens with one attached hydrogen (secondary N) is 1. The Hall–Kier alpha value is -0.980. The average molecular weight is 288 g/mol. The van der Waals surface area contributed by atoms with Crippen molar-refractivity contribution in [2.24, 2.45) is 5.84 Å². The molecule has 1 aromatic rings. The lowest BCUT2D eigenvalue weighted by molar-refractivity contribution is 0.412. The molecule has 0 heterocycles. The molecule has 0 aliphatic carbocycles. The first kappa shape index (κ1) is 16.1. The molecule has 0 saturated carbocycles. The van der Waals surface area contributed by atoms with Crippen molar-refractivity contribution in [3.05, 3.63) is 35.1 Å². The molecular formula is C13H21FN2O2S. The third-order valence-electron chi connectivity index (χ3n) is 3.72. The number of sulfone groups is 1. The van der Waals surface area contributed by atoms with E-state index in [-0.39, 0.29) is 5.82 Å². The second-order valence-corrected chi connectivity index (χ2v) is 7.97. The molecule has 1 unspecified atom stereocenters. The van der Waals surface area contributed by atoms with Crippen LogP contribution in [0.15, 0.2) is 18.2 Å². The molecule has 0 amide bonds. The van der Waals surface area contributed by atoms with Crippen LogP contribution in [-0.2, 0) is 16.3 Å². The Morgan fingerprint density at radius 2 is 2.00 bits per heavy atom. The maximum absolute atomic E-state index is 13.1. The number of hydrogen-bond acceptors (Lipinski definition) is 4. The number of rotatable bonds is 5. The number of benzene rings is 1. The number of hydrogen-bond donors (Lipinski definition) is 2. The van der Waals surface area contributed by atoms with Crippen LogP contribution in [0.3, 0.4) is 0 Å². The van der Waals surface area contributed by atoms with Gasteiger partial charge in [0.1, 0.15) is 5.82 Å². The van der Waals surface area contributed by atoms with Gasteiger partial charge in [0, 0.05) is 12.3 Å². The predicted octanol–water partition coefficient (Wildman–Crippen LogP) is 1.33. The van der Waals surface area contributed by atoms with E-state index in [0.29, 0.717) is 6.42 Å². The summed E-state index contributed by atoms with van der Waals surface area (Å²) >= 11 is 0. The molecule has 1 rings (SSSR count). The molecule has 0 bridgehead atoms. The van der Waals surface area contributed by atoms with E-state index < -0.39 is 20.6 Å². The number of hydrazine groups is 1. The fourth-order valence-corrected chi connectivity index (χ4v) is 2.54. The molecule has 0 spiro atoms. The number of nitrogens with two attached hydrogens (primary N) is 1. The maximum atomic E-state index is 13.1. The van der Waals surface area contributed by atoms with Gasteiger partial charge in [-0.05, 0) is 50.5 Å². The number of halogens is 1. The van der Waals surface area contributed by atoms with E-state index in [1.54, 1.807) is 26.8 Å². The summed E-state index contributed by atoms with van der Waals surface area (Å²) in [5.74, 6) is 5.19. The maximum Gasteiger partial charge on any atom is 0.154 e. The fourth-order valence-electron chi connectivity index (χ4n) is 1.87. The Labute approximate surface area is 114 Å². The third-order valence-corrected chi connectivity index (χ3v) is 5.92. The Kier molecular flexibility index (Phi) is 4.71. The zero-order valence-corrected chi connectivity index (χ0v) is 12.5. The molecule has 108 valence electrons. The summed E-state index contributed by atoms with van der Waals surface area (Å²) in [7, 11) is -3.27. The summed E-state index contributed by atoms with van der Waals surface area (Å²) < 4.78 is 35.7. The molecule has 0 aliphatic heterocycles. The van der Waals surface area contributed by atoms with Crippen molar-refractivity contribution in [2.75, 3.05) is 6.26 Å². The van der Waals surface area contributed by atoms with Gasteiger partial charge < -0.3 is 0 Å². The largest absolute Gasteiger partial charge is 0.271 e. The quantitative estimate of drug-likeness (QED) is 0.633. The highest BCUT2D eigenvalue weighted by molar-refractivity contribution is 7.92. The summed E-state index contributed by atoms with van der Waals surface area (Å²) in [5, 5.41) is 0. The van der Waals surface area contributed by atoms with Crippen LogP contribution in [0, 0.1) is 12.7 Å². The van der Waals surface area contributed by atoms with Crippen LogP contribution in [0.5, 0.6) is 0 Å². The first-order valence-corrected chi connectivity index (χ1v) is 7.89. The van der Waals surface area contributed by atoms with Crippen LogP contribution in [-0.4, -0.2) is 25.5 Å². The first-order valence-electron chi connectivity index (χ1n) is 6.00. The van der Waals surface area contributed by atoms with Gasteiger partial charge >= 0.3 is 0 Å². The molecular weight excluding hydrogens is 267 g/mol.